The lowest BCUT2D eigenvalue weighted by Crippen LogP contribution is -2.02. The van der Waals surface area contributed by atoms with Crippen molar-refractivity contribution in [3.63, 3.8) is 0 Å². The first-order chi connectivity index (χ1) is 9.10. The lowest BCUT2D eigenvalue weighted by atomic mass is 10.1. The highest BCUT2D eigenvalue weighted by Gasteiger charge is 2.06. The second-order valence-corrected chi connectivity index (χ2v) is 4.36. The molecular weight excluding hydrogens is 267 g/mol. The number of nitrogens with zero attached hydrogens (tertiary/aromatic N) is 1. The van der Waals surface area contributed by atoms with Crippen molar-refractivity contribution in [3.05, 3.63) is 58.4 Å². The summed E-state index contributed by atoms with van der Waals surface area (Å²) >= 11 is 5.84. The lowest BCUT2D eigenvalue weighted by molar-refractivity contribution is 0.469. The van der Waals surface area contributed by atoms with Gasteiger partial charge in [-0.15, -0.1) is 0 Å². The fourth-order valence-electron chi connectivity index (χ4n) is 1.65. The van der Waals surface area contributed by atoms with Crippen molar-refractivity contribution in [1.82, 2.24) is 0 Å². The Morgan fingerprint density at radius 3 is 2.79 bits per heavy atom. The minimum absolute atomic E-state index is 0.109. The molecule has 2 rings (SSSR count). The van der Waals surface area contributed by atoms with Crippen LogP contribution in [-0.2, 0) is 6.54 Å². The maximum Gasteiger partial charge on any atom is 0.124 e. The van der Waals surface area contributed by atoms with Crippen LogP contribution in [0.15, 0.2) is 36.4 Å². The van der Waals surface area contributed by atoms with Gasteiger partial charge in [0, 0.05) is 17.1 Å². The average Bonchev–Trinajstić information content (AvgIpc) is 2.40. The van der Waals surface area contributed by atoms with Gasteiger partial charge in [-0.1, -0.05) is 11.6 Å². The van der Waals surface area contributed by atoms with Gasteiger partial charge in [-0.3, -0.25) is 0 Å². The number of phenolic OH excluding ortho intramolecular Hbond substituents is 1. The number of hydrogen-bond acceptors (Lipinski definition) is 3. The van der Waals surface area contributed by atoms with Gasteiger partial charge >= 0.3 is 0 Å². The van der Waals surface area contributed by atoms with Crippen molar-refractivity contribution in [3.8, 4) is 11.8 Å². The summed E-state index contributed by atoms with van der Waals surface area (Å²) in [5, 5.41) is 22.0. The Morgan fingerprint density at radius 1 is 1.26 bits per heavy atom. The second kappa shape index (κ2) is 5.59. The van der Waals surface area contributed by atoms with Gasteiger partial charge in [0.05, 0.1) is 11.3 Å². The van der Waals surface area contributed by atoms with E-state index in [-0.39, 0.29) is 17.9 Å². The summed E-state index contributed by atoms with van der Waals surface area (Å²) in [4.78, 5) is 0. The van der Waals surface area contributed by atoms with Gasteiger partial charge in [0.1, 0.15) is 17.6 Å². The average molecular weight is 277 g/mol. The minimum atomic E-state index is -0.465. The molecule has 0 aliphatic carbocycles. The third kappa shape index (κ3) is 3.15. The van der Waals surface area contributed by atoms with Gasteiger partial charge in [0.25, 0.3) is 0 Å². The lowest BCUT2D eigenvalue weighted by Gasteiger charge is -2.10. The van der Waals surface area contributed by atoms with E-state index in [1.54, 1.807) is 12.1 Å². The van der Waals surface area contributed by atoms with E-state index in [2.05, 4.69) is 5.32 Å². The van der Waals surface area contributed by atoms with Crippen LogP contribution < -0.4 is 5.32 Å². The first-order valence-electron chi connectivity index (χ1n) is 5.51. The maximum atomic E-state index is 13.0. The molecule has 2 aromatic rings. The molecule has 0 unspecified atom stereocenters. The van der Waals surface area contributed by atoms with Crippen LogP contribution in [0.4, 0.5) is 10.1 Å². The molecular formula is C14H10ClFN2O. The largest absolute Gasteiger partial charge is 0.508 e. The predicted molar refractivity (Wildman–Crippen MR) is 71.6 cm³/mol. The van der Waals surface area contributed by atoms with E-state index in [1.165, 1.54) is 18.2 Å². The van der Waals surface area contributed by atoms with Crippen LogP contribution in [0, 0.1) is 17.1 Å². The summed E-state index contributed by atoms with van der Waals surface area (Å²) in [5.74, 6) is -0.356. The Hall–Kier alpha value is -2.25. The number of rotatable bonds is 3. The Kier molecular flexibility index (Phi) is 3.88. The zero-order valence-corrected chi connectivity index (χ0v) is 10.6. The molecule has 0 radical (unpaired) electrons. The Morgan fingerprint density at radius 2 is 2.05 bits per heavy atom. The monoisotopic (exact) mass is 276 g/mol. The maximum absolute atomic E-state index is 13.0. The van der Waals surface area contributed by atoms with Crippen molar-refractivity contribution in [1.29, 1.82) is 5.26 Å². The first-order valence-corrected chi connectivity index (χ1v) is 5.89. The van der Waals surface area contributed by atoms with E-state index in [4.69, 9.17) is 16.9 Å². The quantitative estimate of drug-likeness (QED) is 0.899. The molecule has 3 nitrogen and oxygen atoms in total. The first kappa shape index (κ1) is 13.2. The summed E-state index contributed by atoms with van der Waals surface area (Å²) in [7, 11) is 0. The van der Waals surface area contributed by atoms with Gasteiger partial charge in [-0.2, -0.15) is 5.26 Å². The number of hydrogen-bond donors (Lipinski definition) is 2. The van der Waals surface area contributed by atoms with E-state index in [9.17, 15) is 9.50 Å². The molecule has 2 aromatic carbocycles. The van der Waals surface area contributed by atoms with Crippen molar-refractivity contribution >= 4 is 17.3 Å². The van der Waals surface area contributed by atoms with Crippen LogP contribution in [0.3, 0.4) is 0 Å². The number of nitrogens with one attached hydrogen (secondary N) is 1. The molecule has 0 bridgehead atoms. The Labute approximate surface area is 114 Å². The number of anilines is 1. The number of halogens is 2. The normalized spacial score (nSPS) is 9.95. The van der Waals surface area contributed by atoms with E-state index in [0.717, 1.165) is 6.07 Å². The Balaban J connectivity index is 2.19. The van der Waals surface area contributed by atoms with Crippen LogP contribution in [0.5, 0.6) is 5.75 Å². The number of nitriles is 1. The van der Waals surface area contributed by atoms with Crippen molar-refractivity contribution in [2.75, 3.05) is 5.32 Å². The molecule has 0 spiro atoms. The molecule has 0 aromatic heterocycles. The summed E-state index contributed by atoms with van der Waals surface area (Å²) in [6.45, 7) is 0.284. The Bertz CT molecular complexity index is 652. The summed E-state index contributed by atoms with van der Waals surface area (Å²) in [6.07, 6.45) is 0. The SMILES string of the molecule is N#Cc1cc(F)ccc1NCc1cc(Cl)ccc1O. The fourth-order valence-corrected chi connectivity index (χ4v) is 1.84. The van der Waals surface area contributed by atoms with Crippen molar-refractivity contribution < 1.29 is 9.50 Å². The van der Waals surface area contributed by atoms with Gasteiger partial charge in [-0.25, -0.2) is 4.39 Å². The molecule has 0 heterocycles. The smallest absolute Gasteiger partial charge is 0.124 e. The zero-order valence-electron chi connectivity index (χ0n) is 9.82. The number of phenols is 1. The minimum Gasteiger partial charge on any atom is -0.508 e. The third-order valence-corrected chi connectivity index (χ3v) is 2.85. The molecule has 0 aliphatic rings. The summed E-state index contributed by atoms with van der Waals surface area (Å²) in [6, 6.07) is 10.5. The van der Waals surface area contributed by atoms with E-state index < -0.39 is 5.82 Å². The van der Waals surface area contributed by atoms with Gasteiger partial charge in [0.2, 0.25) is 0 Å². The molecule has 0 saturated heterocycles. The van der Waals surface area contributed by atoms with Gasteiger partial charge in [-0.05, 0) is 36.4 Å². The van der Waals surface area contributed by atoms with Crippen LogP contribution >= 0.6 is 11.6 Å². The molecule has 0 aliphatic heterocycles. The standard InChI is InChI=1S/C14H10ClFN2O/c15-11-1-4-14(19)10(5-11)8-18-13-3-2-12(16)6-9(13)7-17/h1-6,18-19H,8H2. The highest BCUT2D eigenvalue weighted by Crippen LogP contribution is 2.23. The molecule has 5 heteroatoms. The fraction of sp³-hybridized carbons (Fsp3) is 0.0714. The third-order valence-electron chi connectivity index (χ3n) is 2.61. The topological polar surface area (TPSA) is 56.0 Å². The van der Waals surface area contributed by atoms with E-state index in [1.807, 2.05) is 6.07 Å². The van der Waals surface area contributed by atoms with Gasteiger partial charge < -0.3 is 10.4 Å². The molecule has 2 N–H and O–H groups in total. The summed E-state index contributed by atoms with van der Waals surface area (Å²) < 4.78 is 13.0. The molecule has 0 fully saturated rings. The number of aromatic hydroxyl groups is 1. The van der Waals surface area contributed by atoms with Crippen LogP contribution in [0.1, 0.15) is 11.1 Å². The molecule has 0 amide bonds. The van der Waals surface area contributed by atoms with Gasteiger partial charge in [0.15, 0.2) is 0 Å². The van der Waals surface area contributed by atoms with Crippen molar-refractivity contribution in [2.24, 2.45) is 0 Å². The molecule has 19 heavy (non-hydrogen) atoms. The van der Waals surface area contributed by atoms with E-state index in [0.29, 0.717) is 16.3 Å². The second-order valence-electron chi connectivity index (χ2n) is 3.93. The van der Waals surface area contributed by atoms with Crippen molar-refractivity contribution in [2.45, 2.75) is 6.54 Å². The molecule has 96 valence electrons. The molecule has 0 saturated carbocycles. The highest BCUT2D eigenvalue weighted by molar-refractivity contribution is 6.30. The van der Waals surface area contributed by atoms with Crippen LogP contribution in [0.2, 0.25) is 5.02 Å². The van der Waals surface area contributed by atoms with Crippen LogP contribution in [-0.4, -0.2) is 5.11 Å². The molecule has 0 atom stereocenters. The number of benzene rings is 2. The predicted octanol–water partition coefficient (Wildman–Crippen LogP) is 3.67. The highest BCUT2D eigenvalue weighted by atomic mass is 35.5. The van der Waals surface area contributed by atoms with E-state index >= 15 is 0 Å². The zero-order chi connectivity index (χ0) is 13.8. The van der Waals surface area contributed by atoms with Crippen LogP contribution in [0.25, 0.3) is 0 Å². The summed E-state index contributed by atoms with van der Waals surface area (Å²) in [5.41, 5.74) is 1.31.